The molecule has 0 bridgehead atoms. The SMILES string of the molecule is CC/C=C/C=C/C=C/CCCCCCCCCC(=O)OC(CCCCCCCCCCCCCCCCCC)CC(=O)NC(CO)C(O)CCCCCCCCCCCC. The van der Waals surface area contributed by atoms with Gasteiger partial charge < -0.3 is 20.3 Å². The maximum atomic E-state index is 13.2. The molecule has 0 saturated carbocycles. The molecule has 0 rings (SSSR count). The van der Waals surface area contributed by atoms with E-state index in [1.807, 2.05) is 0 Å². The summed E-state index contributed by atoms with van der Waals surface area (Å²) < 4.78 is 5.94. The van der Waals surface area contributed by atoms with Crippen LogP contribution in [0.4, 0.5) is 0 Å². The Kier molecular flexibility index (Phi) is 46.6. The zero-order valence-corrected chi connectivity index (χ0v) is 40.1. The van der Waals surface area contributed by atoms with Gasteiger partial charge in [0.1, 0.15) is 6.10 Å². The van der Waals surface area contributed by atoms with Crippen molar-refractivity contribution in [3.63, 3.8) is 0 Å². The molecular weight excluding hydrogens is 743 g/mol. The molecule has 0 saturated heterocycles. The van der Waals surface area contributed by atoms with E-state index in [4.69, 9.17) is 4.74 Å². The normalized spacial score (nSPS) is 13.5. The molecule has 0 aromatic carbocycles. The van der Waals surface area contributed by atoms with Crippen LogP contribution < -0.4 is 5.32 Å². The first-order valence-corrected chi connectivity index (χ1v) is 26.2. The van der Waals surface area contributed by atoms with E-state index in [9.17, 15) is 19.8 Å². The topological polar surface area (TPSA) is 95.9 Å². The Morgan fingerprint density at radius 2 is 0.900 bits per heavy atom. The summed E-state index contributed by atoms with van der Waals surface area (Å²) in [5.74, 6) is -0.475. The molecule has 6 nitrogen and oxygen atoms in total. The lowest BCUT2D eigenvalue weighted by Gasteiger charge is -2.24. The molecule has 0 aliphatic carbocycles. The fourth-order valence-corrected chi connectivity index (χ4v) is 8.08. The number of amides is 1. The number of hydrogen-bond donors (Lipinski definition) is 3. The molecule has 60 heavy (non-hydrogen) atoms. The molecule has 0 fully saturated rings. The third kappa shape index (κ3) is 42.8. The van der Waals surface area contributed by atoms with Gasteiger partial charge in [-0.3, -0.25) is 9.59 Å². The molecule has 0 aromatic rings. The van der Waals surface area contributed by atoms with E-state index >= 15 is 0 Å². The van der Waals surface area contributed by atoms with Gasteiger partial charge in [0.2, 0.25) is 5.91 Å². The lowest BCUT2D eigenvalue weighted by Crippen LogP contribution is -2.46. The summed E-state index contributed by atoms with van der Waals surface area (Å²) >= 11 is 0. The Hall–Kier alpha value is -1.92. The van der Waals surface area contributed by atoms with E-state index in [1.165, 1.54) is 161 Å². The maximum Gasteiger partial charge on any atom is 0.306 e. The number of aliphatic hydroxyl groups excluding tert-OH is 2. The van der Waals surface area contributed by atoms with Crippen LogP contribution in [0.3, 0.4) is 0 Å². The number of aliphatic hydroxyl groups is 2. The van der Waals surface area contributed by atoms with Gasteiger partial charge >= 0.3 is 5.97 Å². The summed E-state index contributed by atoms with van der Waals surface area (Å²) in [6, 6.07) is -0.699. The minimum atomic E-state index is -0.786. The van der Waals surface area contributed by atoms with Crippen LogP contribution in [0.5, 0.6) is 0 Å². The van der Waals surface area contributed by atoms with Gasteiger partial charge in [-0.15, -0.1) is 0 Å². The van der Waals surface area contributed by atoms with E-state index in [-0.39, 0.29) is 24.9 Å². The third-order valence-corrected chi connectivity index (χ3v) is 12.0. The van der Waals surface area contributed by atoms with Gasteiger partial charge in [0, 0.05) is 6.42 Å². The van der Waals surface area contributed by atoms with Crippen LogP contribution in [0.1, 0.15) is 271 Å². The molecule has 0 aliphatic rings. The molecule has 6 heteroatoms. The minimum Gasteiger partial charge on any atom is -0.462 e. The smallest absolute Gasteiger partial charge is 0.306 e. The number of esters is 1. The molecular formula is C54H101NO5. The van der Waals surface area contributed by atoms with E-state index in [0.717, 1.165) is 64.2 Å². The zero-order valence-electron chi connectivity index (χ0n) is 40.1. The first-order chi connectivity index (χ1) is 29.5. The molecule has 0 aliphatic heterocycles. The number of rotatable bonds is 47. The standard InChI is InChI=1S/C54H101NO5/c1-4-7-10-13-16-19-22-24-26-28-29-31-33-36-39-42-45-50(60-54(59)47-44-41-38-35-32-30-27-25-23-20-17-14-11-8-5-2)48-53(58)55-51(49-56)52(57)46-43-40-37-34-21-18-15-12-9-6-3/h8,11,14,17,20,23,50-52,56-57H,4-7,9-10,12-13,15-16,18-19,21-22,24-49H2,1-3H3,(H,55,58)/b11-8+,17-14+,23-20+. The number of nitrogens with one attached hydrogen (secondary N) is 1. The van der Waals surface area contributed by atoms with Crippen molar-refractivity contribution < 1.29 is 24.5 Å². The predicted molar refractivity (Wildman–Crippen MR) is 259 cm³/mol. The molecule has 0 aromatic heterocycles. The van der Waals surface area contributed by atoms with Crippen LogP contribution in [-0.2, 0) is 14.3 Å². The van der Waals surface area contributed by atoms with Crippen molar-refractivity contribution in [2.75, 3.05) is 6.61 Å². The van der Waals surface area contributed by atoms with Gasteiger partial charge in [0.05, 0.1) is 25.2 Å². The van der Waals surface area contributed by atoms with E-state index in [1.54, 1.807) is 0 Å². The molecule has 0 heterocycles. The highest BCUT2D eigenvalue weighted by molar-refractivity contribution is 5.77. The highest BCUT2D eigenvalue weighted by Crippen LogP contribution is 2.18. The van der Waals surface area contributed by atoms with Crippen LogP contribution in [-0.4, -0.2) is 46.9 Å². The second-order valence-corrected chi connectivity index (χ2v) is 18.0. The molecule has 352 valence electrons. The Bertz CT molecular complexity index is 993. The van der Waals surface area contributed by atoms with Gasteiger partial charge in [-0.2, -0.15) is 0 Å². The summed E-state index contributed by atoms with van der Waals surface area (Å²) in [5, 5.41) is 23.7. The number of allylic oxidation sites excluding steroid dienone is 6. The van der Waals surface area contributed by atoms with Crippen LogP contribution in [0, 0.1) is 0 Å². The van der Waals surface area contributed by atoms with Crippen molar-refractivity contribution in [2.24, 2.45) is 0 Å². The van der Waals surface area contributed by atoms with Crippen LogP contribution in [0.15, 0.2) is 36.5 Å². The van der Waals surface area contributed by atoms with Crippen LogP contribution in [0.25, 0.3) is 0 Å². The Morgan fingerprint density at radius 1 is 0.500 bits per heavy atom. The largest absolute Gasteiger partial charge is 0.462 e. The molecule has 0 radical (unpaired) electrons. The lowest BCUT2D eigenvalue weighted by atomic mass is 10.0. The summed E-state index contributed by atoms with van der Waals surface area (Å²) in [6.45, 7) is 6.36. The van der Waals surface area contributed by atoms with E-state index in [0.29, 0.717) is 19.3 Å². The zero-order chi connectivity index (χ0) is 43.8. The van der Waals surface area contributed by atoms with Gasteiger partial charge in [-0.05, 0) is 44.9 Å². The van der Waals surface area contributed by atoms with E-state index in [2.05, 4.69) is 62.5 Å². The summed E-state index contributed by atoms with van der Waals surface area (Å²) in [5.41, 5.74) is 0. The lowest BCUT2D eigenvalue weighted by molar-refractivity contribution is -0.151. The maximum absolute atomic E-state index is 13.2. The fraction of sp³-hybridized carbons (Fsp3) is 0.852. The quantitative estimate of drug-likeness (QED) is 0.0322. The average molecular weight is 844 g/mol. The van der Waals surface area contributed by atoms with E-state index < -0.39 is 18.2 Å². The van der Waals surface area contributed by atoms with Crippen molar-refractivity contribution in [2.45, 2.75) is 289 Å². The molecule has 0 spiro atoms. The molecule has 1 amide bonds. The minimum absolute atomic E-state index is 0.0767. The van der Waals surface area contributed by atoms with Crippen molar-refractivity contribution in [1.82, 2.24) is 5.32 Å². The van der Waals surface area contributed by atoms with Crippen molar-refractivity contribution >= 4 is 11.9 Å². The number of hydrogen-bond acceptors (Lipinski definition) is 5. The fourth-order valence-electron chi connectivity index (χ4n) is 8.08. The van der Waals surface area contributed by atoms with Gasteiger partial charge in [0.15, 0.2) is 0 Å². The summed E-state index contributed by atoms with van der Waals surface area (Å²) in [6.07, 6.45) is 56.3. The summed E-state index contributed by atoms with van der Waals surface area (Å²) in [7, 11) is 0. The van der Waals surface area contributed by atoms with Crippen molar-refractivity contribution in [3.8, 4) is 0 Å². The van der Waals surface area contributed by atoms with Crippen molar-refractivity contribution in [1.29, 1.82) is 0 Å². The number of ether oxygens (including phenoxy) is 1. The second-order valence-electron chi connectivity index (χ2n) is 18.0. The van der Waals surface area contributed by atoms with Crippen LogP contribution >= 0.6 is 0 Å². The Labute approximate surface area is 373 Å². The van der Waals surface area contributed by atoms with Gasteiger partial charge in [0.25, 0.3) is 0 Å². The summed E-state index contributed by atoms with van der Waals surface area (Å²) in [4.78, 5) is 26.1. The third-order valence-electron chi connectivity index (χ3n) is 12.0. The molecule has 3 unspecified atom stereocenters. The second kappa shape index (κ2) is 48.1. The van der Waals surface area contributed by atoms with Gasteiger partial charge in [-0.1, -0.05) is 250 Å². The monoisotopic (exact) mass is 844 g/mol. The average Bonchev–Trinajstić information content (AvgIpc) is 3.24. The first kappa shape index (κ1) is 58.1. The molecule has 3 atom stereocenters. The van der Waals surface area contributed by atoms with Gasteiger partial charge in [-0.25, -0.2) is 0 Å². The predicted octanol–water partition coefficient (Wildman–Crippen LogP) is 15.7. The number of carbonyl (C=O) groups is 2. The highest BCUT2D eigenvalue weighted by Gasteiger charge is 2.24. The molecule has 3 N–H and O–H groups in total. The first-order valence-electron chi connectivity index (χ1n) is 26.2. The van der Waals surface area contributed by atoms with Crippen molar-refractivity contribution in [3.05, 3.63) is 36.5 Å². The highest BCUT2D eigenvalue weighted by atomic mass is 16.5. The number of carbonyl (C=O) groups excluding carboxylic acids is 2. The van der Waals surface area contributed by atoms with Crippen LogP contribution in [0.2, 0.25) is 0 Å². The Balaban J connectivity index is 4.56. The Morgan fingerprint density at radius 3 is 1.35 bits per heavy atom. The number of unbranched alkanes of at least 4 members (excludes halogenated alkanes) is 31.